The fraction of sp³-hybridized carbons (Fsp3) is 0.571. The monoisotopic (exact) mass is 377 g/mol. The number of halogens is 2. The number of nitrogens with one attached hydrogen (secondary N) is 1. The molecular weight excluding hydrogens is 358 g/mol. The van der Waals surface area contributed by atoms with Gasteiger partial charge in [0.25, 0.3) is 0 Å². The first-order chi connectivity index (χ1) is 8.39. The average Bonchev–Trinajstić information content (AvgIpc) is 2.31. The van der Waals surface area contributed by atoms with E-state index in [4.69, 9.17) is 4.74 Å². The van der Waals surface area contributed by atoms with Gasteiger partial charge in [-0.1, -0.05) is 6.92 Å². The van der Waals surface area contributed by atoms with Gasteiger partial charge in [0, 0.05) is 12.1 Å². The first-order valence-corrected chi connectivity index (χ1v) is 7.84. The fourth-order valence-corrected chi connectivity index (χ4v) is 2.97. The molecule has 4 heteroatoms. The molecule has 2 nitrogen and oxygen atoms in total. The van der Waals surface area contributed by atoms with Gasteiger partial charge in [0.05, 0.1) is 15.6 Å². The van der Waals surface area contributed by atoms with Crippen molar-refractivity contribution in [3.05, 3.63) is 26.6 Å². The maximum Gasteiger partial charge on any atom is 0.147 e. The predicted octanol–water partition coefficient (Wildman–Crippen LogP) is 4.89. The molecule has 0 bridgehead atoms. The van der Waals surface area contributed by atoms with Crippen molar-refractivity contribution in [1.82, 2.24) is 5.32 Å². The van der Waals surface area contributed by atoms with Crippen molar-refractivity contribution < 1.29 is 4.74 Å². The number of benzene rings is 1. The molecule has 0 saturated carbocycles. The summed E-state index contributed by atoms with van der Waals surface area (Å²) in [6.07, 6.45) is 1.10. The highest BCUT2D eigenvalue weighted by Gasteiger charge is 2.14. The number of hydrogen-bond acceptors (Lipinski definition) is 2. The molecule has 102 valence electrons. The van der Waals surface area contributed by atoms with Crippen LogP contribution in [0.3, 0.4) is 0 Å². The van der Waals surface area contributed by atoms with E-state index in [1.54, 1.807) is 0 Å². The summed E-state index contributed by atoms with van der Waals surface area (Å²) in [6, 6.07) is 4.21. The molecule has 18 heavy (non-hydrogen) atoms. The van der Waals surface area contributed by atoms with Crippen LogP contribution in [0.4, 0.5) is 0 Å². The van der Waals surface area contributed by atoms with Gasteiger partial charge in [-0.2, -0.15) is 0 Å². The molecule has 1 aromatic rings. The van der Waals surface area contributed by atoms with Crippen LogP contribution in [0.5, 0.6) is 5.75 Å². The van der Waals surface area contributed by atoms with Crippen LogP contribution in [0.1, 0.15) is 39.7 Å². The Hall–Kier alpha value is -0.0600. The SMILES string of the molecule is CCOc1c(Br)cc(CNC(C)(C)CC)cc1Br. The average molecular weight is 379 g/mol. The third kappa shape index (κ3) is 4.56. The van der Waals surface area contributed by atoms with Crippen molar-refractivity contribution in [1.29, 1.82) is 0 Å². The van der Waals surface area contributed by atoms with Crippen molar-refractivity contribution in [2.24, 2.45) is 0 Å². The summed E-state index contributed by atoms with van der Waals surface area (Å²) in [6.45, 7) is 10.1. The zero-order valence-electron chi connectivity index (χ0n) is 11.4. The lowest BCUT2D eigenvalue weighted by molar-refractivity contribution is 0.335. The smallest absolute Gasteiger partial charge is 0.147 e. The summed E-state index contributed by atoms with van der Waals surface area (Å²) in [5.41, 5.74) is 1.40. The van der Waals surface area contributed by atoms with Crippen molar-refractivity contribution in [2.45, 2.75) is 46.2 Å². The van der Waals surface area contributed by atoms with Gasteiger partial charge in [-0.15, -0.1) is 0 Å². The molecular formula is C14H21Br2NO. The molecule has 0 radical (unpaired) electrons. The van der Waals surface area contributed by atoms with E-state index < -0.39 is 0 Å². The Balaban J connectivity index is 2.80. The highest BCUT2D eigenvalue weighted by Crippen LogP contribution is 2.34. The van der Waals surface area contributed by atoms with Gasteiger partial charge in [-0.3, -0.25) is 0 Å². The molecule has 0 aliphatic rings. The van der Waals surface area contributed by atoms with Crippen molar-refractivity contribution in [3.63, 3.8) is 0 Å². The van der Waals surface area contributed by atoms with Gasteiger partial charge in [0.15, 0.2) is 0 Å². The van der Waals surface area contributed by atoms with Crippen LogP contribution in [0.25, 0.3) is 0 Å². The lowest BCUT2D eigenvalue weighted by Crippen LogP contribution is -2.37. The molecule has 0 aliphatic carbocycles. The van der Waals surface area contributed by atoms with Gasteiger partial charge in [-0.05, 0) is 76.7 Å². The van der Waals surface area contributed by atoms with E-state index in [9.17, 15) is 0 Å². The number of hydrogen-bond donors (Lipinski definition) is 1. The van der Waals surface area contributed by atoms with Gasteiger partial charge >= 0.3 is 0 Å². The Morgan fingerprint density at radius 3 is 2.17 bits per heavy atom. The molecule has 1 rings (SSSR count). The number of rotatable bonds is 6. The van der Waals surface area contributed by atoms with Crippen molar-refractivity contribution in [3.8, 4) is 5.75 Å². The van der Waals surface area contributed by atoms with E-state index in [0.29, 0.717) is 6.61 Å². The molecule has 1 N–H and O–H groups in total. The second-order valence-electron chi connectivity index (χ2n) is 4.91. The Morgan fingerprint density at radius 2 is 1.72 bits per heavy atom. The van der Waals surface area contributed by atoms with Crippen LogP contribution in [-0.2, 0) is 6.54 Å². The fourth-order valence-electron chi connectivity index (χ4n) is 1.46. The molecule has 0 saturated heterocycles. The number of ether oxygens (including phenoxy) is 1. The van der Waals surface area contributed by atoms with Crippen LogP contribution in [0.2, 0.25) is 0 Å². The van der Waals surface area contributed by atoms with Crippen LogP contribution in [-0.4, -0.2) is 12.1 Å². The minimum atomic E-state index is 0.164. The third-order valence-electron chi connectivity index (χ3n) is 3.00. The maximum absolute atomic E-state index is 5.57. The normalized spacial score (nSPS) is 11.7. The molecule has 0 aromatic heterocycles. The highest BCUT2D eigenvalue weighted by molar-refractivity contribution is 9.11. The second kappa shape index (κ2) is 6.92. The van der Waals surface area contributed by atoms with E-state index in [-0.39, 0.29) is 5.54 Å². The second-order valence-corrected chi connectivity index (χ2v) is 6.62. The van der Waals surface area contributed by atoms with E-state index in [2.05, 4.69) is 70.1 Å². The Morgan fingerprint density at radius 1 is 1.17 bits per heavy atom. The topological polar surface area (TPSA) is 21.3 Å². The van der Waals surface area contributed by atoms with Crippen LogP contribution in [0.15, 0.2) is 21.1 Å². The first-order valence-electron chi connectivity index (χ1n) is 6.25. The van der Waals surface area contributed by atoms with Gasteiger partial charge in [-0.25, -0.2) is 0 Å². The highest BCUT2D eigenvalue weighted by atomic mass is 79.9. The standard InChI is InChI=1S/C14H21Br2NO/c1-5-14(3,4)17-9-10-7-11(15)13(18-6-2)12(16)8-10/h7-8,17H,5-6,9H2,1-4H3. The molecule has 0 amide bonds. The zero-order chi connectivity index (χ0) is 13.8. The van der Waals surface area contributed by atoms with Crippen molar-refractivity contribution >= 4 is 31.9 Å². The summed E-state index contributed by atoms with van der Waals surface area (Å²) in [5, 5.41) is 3.55. The lowest BCUT2D eigenvalue weighted by atomic mass is 10.0. The van der Waals surface area contributed by atoms with Crippen LogP contribution < -0.4 is 10.1 Å². The minimum Gasteiger partial charge on any atom is -0.492 e. The lowest BCUT2D eigenvalue weighted by Gasteiger charge is -2.25. The molecule has 0 heterocycles. The summed E-state index contributed by atoms with van der Waals surface area (Å²) in [5.74, 6) is 0.871. The minimum absolute atomic E-state index is 0.164. The first kappa shape index (κ1) is 16.0. The van der Waals surface area contributed by atoms with E-state index >= 15 is 0 Å². The molecule has 0 spiro atoms. The molecule has 0 fully saturated rings. The van der Waals surface area contributed by atoms with Crippen molar-refractivity contribution in [2.75, 3.05) is 6.61 Å². The zero-order valence-corrected chi connectivity index (χ0v) is 14.6. The maximum atomic E-state index is 5.57. The van der Waals surface area contributed by atoms with Crippen LogP contribution in [0, 0.1) is 0 Å². The summed E-state index contributed by atoms with van der Waals surface area (Å²) < 4.78 is 7.56. The molecule has 0 unspecified atom stereocenters. The quantitative estimate of drug-likeness (QED) is 0.760. The summed E-state index contributed by atoms with van der Waals surface area (Å²) >= 11 is 7.11. The molecule has 0 aliphatic heterocycles. The van der Waals surface area contributed by atoms with Crippen LogP contribution >= 0.6 is 31.9 Å². The Kier molecular flexibility index (Phi) is 6.15. The molecule has 1 aromatic carbocycles. The van der Waals surface area contributed by atoms with Gasteiger partial charge in [0.2, 0.25) is 0 Å². The Bertz CT molecular complexity index is 382. The predicted molar refractivity (Wildman–Crippen MR) is 84.2 cm³/mol. The van der Waals surface area contributed by atoms with E-state index in [0.717, 1.165) is 27.7 Å². The van der Waals surface area contributed by atoms with E-state index in [1.165, 1.54) is 5.56 Å². The van der Waals surface area contributed by atoms with Gasteiger partial charge in [0.1, 0.15) is 5.75 Å². The molecule has 0 atom stereocenters. The van der Waals surface area contributed by atoms with Gasteiger partial charge < -0.3 is 10.1 Å². The summed E-state index contributed by atoms with van der Waals surface area (Å²) in [4.78, 5) is 0. The summed E-state index contributed by atoms with van der Waals surface area (Å²) in [7, 11) is 0. The van der Waals surface area contributed by atoms with E-state index in [1.807, 2.05) is 6.92 Å². The Labute approximate surface area is 127 Å². The largest absolute Gasteiger partial charge is 0.492 e. The third-order valence-corrected chi connectivity index (χ3v) is 4.18.